The van der Waals surface area contributed by atoms with Gasteiger partial charge < -0.3 is 15.2 Å². The number of hydrogen-bond acceptors (Lipinski definition) is 3. The van der Waals surface area contributed by atoms with Crippen molar-refractivity contribution >= 4 is 34.8 Å². The van der Waals surface area contributed by atoms with Gasteiger partial charge >= 0.3 is 0 Å². The highest BCUT2D eigenvalue weighted by molar-refractivity contribution is 6.31. The molecule has 2 atom stereocenters. The Kier molecular flexibility index (Phi) is 6.69. The van der Waals surface area contributed by atoms with Gasteiger partial charge in [-0.05, 0) is 61.2 Å². The molecule has 3 aromatic rings. The quantitative estimate of drug-likeness (QED) is 0.432. The van der Waals surface area contributed by atoms with Crippen molar-refractivity contribution in [3.8, 4) is 11.5 Å². The summed E-state index contributed by atoms with van der Waals surface area (Å²) < 4.78 is 6.44. The second kappa shape index (κ2) is 9.63. The highest BCUT2D eigenvalue weighted by Gasteiger charge is 2.29. The summed E-state index contributed by atoms with van der Waals surface area (Å²) >= 11 is 12.2. The van der Waals surface area contributed by atoms with Crippen molar-refractivity contribution in [2.45, 2.75) is 37.7 Å². The van der Waals surface area contributed by atoms with E-state index in [4.69, 9.17) is 27.9 Å². The Morgan fingerprint density at radius 1 is 0.935 bits per heavy atom. The van der Waals surface area contributed by atoms with Gasteiger partial charge in [0.15, 0.2) is 0 Å². The second-order valence-electron chi connectivity index (χ2n) is 7.71. The van der Waals surface area contributed by atoms with Gasteiger partial charge in [-0.1, -0.05) is 60.0 Å². The lowest BCUT2D eigenvalue weighted by Gasteiger charge is -2.33. The zero-order chi connectivity index (χ0) is 21.8. The molecule has 0 heterocycles. The molecule has 1 aliphatic carbocycles. The normalized spacial score (nSPS) is 18.4. The molecule has 1 fully saturated rings. The summed E-state index contributed by atoms with van der Waals surface area (Å²) in [5, 5.41) is 13.7. The van der Waals surface area contributed by atoms with Gasteiger partial charge in [-0.2, -0.15) is 0 Å². The maximum atomic E-state index is 12.8. The molecule has 1 amide bonds. The third kappa shape index (κ3) is 5.15. The number of amides is 1. The summed E-state index contributed by atoms with van der Waals surface area (Å²) in [6.07, 6.45) is 4.25. The summed E-state index contributed by atoms with van der Waals surface area (Å²) in [5.74, 6) is 0.191. The van der Waals surface area contributed by atoms with Crippen molar-refractivity contribution in [3.05, 3.63) is 87.9 Å². The molecule has 0 aromatic heterocycles. The minimum atomic E-state index is -0.490. The number of benzene rings is 3. The number of nitrogens with one attached hydrogen (secondary N) is 1. The Bertz CT molecular complexity index is 1070. The van der Waals surface area contributed by atoms with E-state index >= 15 is 0 Å². The van der Waals surface area contributed by atoms with Gasteiger partial charge in [0.25, 0.3) is 5.91 Å². The average Bonchev–Trinajstić information content (AvgIpc) is 2.78. The van der Waals surface area contributed by atoms with E-state index in [1.807, 2.05) is 18.2 Å². The monoisotopic (exact) mass is 455 g/mol. The number of phenolic OH excluding ortho intramolecular Hbond substituents is 1. The SMILES string of the molecule is O=C(Nc1cc(Cl)ccc1O[C@@H]1CCCC[C@@H]1c1ccccc1)c1cc(Cl)ccc1O. The van der Waals surface area contributed by atoms with Crippen molar-refractivity contribution in [3.63, 3.8) is 0 Å². The van der Waals surface area contributed by atoms with E-state index in [-0.39, 0.29) is 23.3 Å². The zero-order valence-corrected chi connectivity index (χ0v) is 18.4. The van der Waals surface area contributed by atoms with Crippen LogP contribution in [0.15, 0.2) is 66.7 Å². The van der Waals surface area contributed by atoms with Crippen molar-refractivity contribution in [1.82, 2.24) is 0 Å². The minimum Gasteiger partial charge on any atom is -0.507 e. The van der Waals surface area contributed by atoms with Crippen molar-refractivity contribution in [1.29, 1.82) is 0 Å². The molecule has 2 N–H and O–H groups in total. The van der Waals surface area contributed by atoms with Crippen LogP contribution < -0.4 is 10.1 Å². The third-order valence-electron chi connectivity index (χ3n) is 5.60. The number of carbonyl (C=O) groups excluding carboxylic acids is 1. The maximum Gasteiger partial charge on any atom is 0.259 e. The van der Waals surface area contributed by atoms with Crippen LogP contribution in [0.3, 0.4) is 0 Å². The predicted molar refractivity (Wildman–Crippen MR) is 125 cm³/mol. The molecule has 31 heavy (non-hydrogen) atoms. The van der Waals surface area contributed by atoms with Crippen LogP contribution in [0.1, 0.15) is 47.5 Å². The first kappa shape index (κ1) is 21.5. The minimum absolute atomic E-state index is 0.00690. The van der Waals surface area contributed by atoms with E-state index in [0.29, 0.717) is 21.5 Å². The fraction of sp³-hybridized carbons (Fsp3) is 0.240. The Balaban J connectivity index is 1.59. The van der Waals surface area contributed by atoms with E-state index in [1.54, 1.807) is 18.2 Å². The number of ether oxygens (including phenoxy) is 1. The first-order valence-corrected chi connectivity index (χ1v) is 11.1. The molecule has 4 rings (SSSR count). The molecule has 3 aromatic carbocycles. The predicted octanol–water partition coefficient (Wildman–Crippen LogP) is 7.06. The number of aromatic hydroxyl groups is 1. The van der Waals surface area contributed by atoms with Crippen LogP contribution in [-0.4, -0.2) is 17.1 Å². The van der Waals surface area contributed by atoms with Crippen LogP contribution in [0, 0.1) is 0 Å². The highest BCUT2D eigenvalue weighted by atomic mass is 35.5. The van der Waals surface area contributed by atoms with Gasteiger partial charge in [-0.25, -0.2) is 0 Å². The first-order chi connectivity index (χ1) is 15.0. The molecular weight excluding hydrogens is 433 g/mol. The van der Waals surface area contributed by atoms with E-state index in [0.717, 1.165) is 25.7 Å². The van der Waals surface area contributed by atoms with Gasteiger partial charge in [0, 0.05) is 16.0 Å². The third-order valence-corrected chi connectivity index (χ3v) is 6.07. The summed E-state index contributed by atoms with van der Waals surface area (Å²) in [4.78, 5) is 12.8. The topological polar surface area (TPSA) is 58.6 Å². The molecule has 1 saturated carbocycles. The number of rotatable bonds is 5. The molecule has 0 unspecified atom stereocenters. The molecule has 6 heteroatoms. The first-order valence-electron chi connectivity index (χ1n) is 10.3. The zero-order valence-electron chi connectivity index (χ0n) is 16.9. The van der Waals surface area contributed by atoms with Crippen LogP contribution in [0.25, 0.3) is 0 Å². The fourth-order valence-electron chi connectivity index (χ4n) is 4.06. The van der Waals surface area contributed by atoms with Gasteiger partial charge in [-0.3, -0.25) is 4.79 Å². The maximum absolute atomic E-state index is 12.8. The van der Waals surface area contributed by atoms with Crippen LogP contribution >= 0.6 is 23.2 Å². The Labute approximate surface area is 191 Å². The molecule has 0 bridgehead atoms. The molecule has 0 aliphatic heterocycles. The lowest BCUT2D eigenvalue weighted by molar-refractivity contribution is 0.102. The van der Waals surface area contributed by atoms with E-state index in [2.05, 4.69) is 17.4 Å². The fourth-order valence-corrected chi connectivity index (χ4v) is 4.41. The Morgan fingerprint density at radius 3 is 2.45 bits per heavy atom. The Morgan fingerprint density at radius 2 is 1.65 bits per heavy atom. The van der Waals surface area contributed by atoms with Crippen molar-refractivity contribution < 1.29 is 14.6 Å². The van der Waals surface area contributed by atoms with Crippen molar-refractivity contribution in [2.24, 2.45) is 0 Å². The summed E-state index contributed by atoms with van der Waals surface area (Å²) in [6.45, 7) is 0. The summed E-state index contributed by atoms with van der Waals surface area (Å²) in [7, 11) is 0. The van der Waals surface area contributed by atoms with Crippen LogP contribution in [-0.2, 0) is 0 Å². The highest BCUT2D eigenvalue weighted by Crippen LogP contribution is 2.38. The van der Waals surface area contributed by atoms with Gasteiger partial charge in [-0.15, -0.1) is 0 Å². The van der Waals surface area contributed by atoms with Crippen molar-refractivity contribution in [2.75, 3.05) is 5.32 Å². The van der Waals surface area contributed by atoms with E-state index in [1.165, 1.54) is 23.8 Å². The second-order valence-corrected chi connectivity index (χ2v) is 8.59. The molecule has 160 valence electrons. The summed E-state index contributed by atoms with van der Waals surface area (Å²) in [5.41, 5.74) is 1.79. The molecule has 4 nitrogen and oxygen atoms in total. The molecule has 0 spiro atoms. The van der Waals surface area contributed by atoms with Gasteiger partial charge in [0.05, 0.1) is 11.3 Å². The number of carbonyl (C=O) groups is 1. The van der Waals surface area contributed by atoms with Crippen LogP contribution in [0.2, 0.25) is 10.0 Å². The number of phenols is 1. The summed E-state index contributed by atoms with van der Waals surface area (Å²) in [6, 6.07) is 19.9. The lowest BCUT2D eigenvalue weighted by atomic mass is 9.81. The standard InChI is InChI=1S/C25H23Cl2NO3/c26-17-10-12-22(29)20(14-17)25(30)28-21-15-18(27)11-13-24(21)31-23-9-5-4-8-19(23)16-6-2-1-3-7-16/h1-3,6-7,10-15,19,23,29H,4-5,8-9H2,(H,28,30)/t19-,23-/m1/s1. The Hall–Kier alpha value is -2.69. The smallest absolute Gasteiger partial charge is 0.259 e. The molecule has 1 aliphatic rings. The molecule has 0 saturated heterocycles. The lowest BCUT2D eigenvalue weighted by Crippen LogP contribution is -2.29. The number of halogens is 2. The van der Waals surface area contributed by atoms with E-state index < -0.39 is 5.91 Å². The average molecular weight is 456 g/mol. The van der Waals surface area contributed by atoms with Crippen LogP contribution in [0.4, 0.5) is 5.69 Å². The molecular formula is C25H23Cl2NO3. The largest absolute Gasteiger partial charge is 0.507 e. The number of hydrogen-bond donors (Lipinski definition) is 2. The van der Waals surface area contributed by atoms with Crippen LogP contribution in [0.5, 0.6) is 11.5 Å². The number of anilines is 1. The van der Waals surface area contributed by atoms with Gasteiger partial charge in [0.1, 0.15) is 17.6 Å². The van der Waals surface area contributed by atoms with Gasteiger partial charge in [0.2, 0.25) is 0 Å². The molecule has 0 radical (unpaired) electrons. The van der Waals surface area contributed by atoms with E-state index in [9.17, 15) is 9.90 Å².